The number of hydrogen-bond acceptors (Lipinski definition) is 2. The number of fused-ring (bicyclic) bond motifs is 3. The minimum Gasteiger partial charge on any atom is -0.481 e. The fourth-order valence-electron chi connectivity index (χ4n) is 4.32. The van der Waals surface area contributed by atoms with Gasteiger partial charge in [0, 0.05) is 42.5 Å². The van der Waals surface area contributed by atoms with Crippen molar-refractivity contribution in [1.29, 1.82) is 0 Å². The first kappa shape index (κ1) is 21.4. The highest BCUT2D eigenvalue weighted by Crippen LogP contribution is 2.32. The predicted octanol–water partition coefficient (Wildman–Crippen LogP) is 5.01. The van der Waals surface area contributed by atoms with Crippen LogP contribution in [0.1, 0.15) is 42.5 Å². The fraction of sp³-hybridized carbons (Fsp3) is 0.333. The maximum absolute atomic E-state index is 13.6. The summed E-state index contributed by atoms with van der Waals surface area (Å²) in [6.07, 6.45) is 2.30. The van der Waals surface area contributed by atoms with Gasteiger partial charge in [-0.2, -0.15) is 0 Å². The van der Waals surface area contributed by atoms with Crippen molar-refractivity contribution < 1.29 is 19.1 Å². The van der Waals surface area contributed by atoms with E-state index in [0.717, 1.165) is 23.2 Å². The van der Waals surface area contributed by atoms with Crippen LogP contribution >= 0.6 is 11.6 Å². The van der Waals surface area contributed by atoms with Crippen molar-refractivity contribution in [3.05, 3.63) is 70.1 Å². The quantitative estimate of drug-likeness (QED) is 0.523. The molecule has 0 unspecified atom stereocenters. The molecule has 4 rings (SSSR count). The van der Waals surface area contributed by atoms with Gasteiger partial charge >= 0.3 is 5.97 Å². The van der Waals surface area contributed by atoms with E-state index in [9.17, 15) is 14.0 Å². The lowest BCUT2D eigenvalue weighted by Crippen LogP contribution is -2.36. The van der Waals surface area contributed by atoms with Crippen LogP contribution in [0.2, 0.25) is 5.02 Å². The Balaban J connectivity index is 1.59. The van der Waals surface area contributed by atoms with Gasteiger partial charge in [0.15, 0.2) is 0 Å². The number of unbranched alkanes of at least 4 members (excludes halogenated alkanes) is 1. The zero-order valence-corrected chi connectivity index (χ0v) is 17.9. The average Bonchev–Trinajstić information content (AvgIpc) is 3.07. The number of para-hydroxylation sites is 1. The lowest BCUT2D eigenvalue weighted by atomic mass is 10.0. The molecule has 1 aliphatic heterocycles. The maximum Gasteiger partial charge on any atom is 0.303 e. The maximum atomic E-state index is 13.6. The van der Waals surface area contributed by atoms with Crippen LogP contribution in [0.25, 0.3) is 10.9 Å². The summed E-state index contributed by atoms with van der Waals surface area (Å²) in [5, 5.41) is 10.0. The Morgan fingerprint density at radius 3 is 2.65 bits per heavy atom. The van der Waals surface area contributed by atoms with Gasteiger partial charge in [-0.05, 0) is 48.6 Å². The van der Waals surface area contributed by atoms with Crippen molar-refractivity contribution in [3.8, 4) is 0 Å². The van der Waals surface area contributed by atoms with E-state index in [0.29, 0.717) is 38.9 Å². The minimum absolute atomic E-state index is 0.0534. The average molecular weight is 443 g/mol. The van der Waals surface area contributed by atoms with Gasteiger partial charge in [-0.15, -0.1) is 0 Å². The van der Waals surface area contributed by atoms with Gasteiger partial charge in [-0.3, -0.25) is 9.59 Å². The van der Waals surface area contributed by atoms with E-state index >= 15 is 0 Å². The van der Waals surface area contributed by atoms with Gasteiger partial charge in [0.2, 0.25) is 5.91 Å². The van der Waals surface area contributed by atoms with Crippen LogP contribution in [0.5, 0.6) is 0 Å². The Labute approximate surface area is 185 Å². The summed E-state index contributed by atoms with van der Waals surface area (Å²) in [6, 6.07) is 12.9. The molecular formula is C24H24ClFN2O3. The number of benzene rings is 2. The Morgan fingerprint density at radius 2 is 1.87 bits per heavy atom. The summed E-state index contributed by atoms with van der Waals surface area (Å²) < 4.78 is 15.8. The molecule has 0 spiro atoms. The van der Waals surface area contributed by atoms with E-state index in [-0.39, 0.29) is 17.4 Å². The Morgan fingerprint density at radius 1 is 1.10 bits per heavy atom. The number of halogens is 2. The Hall–Kier alpha value is -2.86. The first-order chi connectivity index (χ1) is 14.9. The van der Waals surface area contributed by atoms with Crippen LogP contribution in [0.15, 0.2) is 42.5 Å². The number of carboxylic acid groups (broad SMARTS) is 1. The molecule has 2 aromatic carbocycles. The highest BCUT2D eigenvalue weighted by Gasteiger charge is 2.26. The second-order valence-electron chi connectivity index (χ2n) is 7.94. The smallest absolute Gasteiger partial charge is 0.303 e. The molecule has 0 bridgehead atoms. The van der Waals surface area contributed by atoms with Crippen LogP contribution in [0, 0.1) is 5.82 Å². The molecule has 3 aromatic rings. The van der Waals surface area contributed by atoms with Crippen molar-refractivity contribution in [2.24, 2.45) is 0 Å². The summed E-state index contributed by atoms with van der Waals surface area (Å²) >= 11 is 5.99. The number of rotatable bonds is 7. The molecule has 1 amide bonds. The summed E-state index contributed by atoms with van der Waals surface area (Å²) in [5.74, 6) is -1.22. The van der Waals surface area contributed by atoms with Crippen molar-refractivity contribution in [1.82, 2.24) is 9.47 Å². The van der Waals surface area contributed by atoms with E-state index in [1.807, 2.05) is 17.0 Å². The number of aliphatic carboxylic acids is 1. The van der Waals surface area contributed by atoms with Crippen LogP contribution in [0.4, 0.5) is 4.39 Å². The number of hydrogen-bond donors (Lipinski definition) is 1. The lowest BCUT2D eigenvalue weighted by molar-refractivity contribution is -0.137. The van der Waals surface area contributed by atoms with E-state index in [1.165, 1.54) is 17.0 Å². The number of carbonyl (C=O) groups is 2. The van der Waals surface area contributed by atoms with Crippen LogP contribution in [-0.4, -0.2) is 33.0 Å². The second kappa shape index (κ2) is 9.10. The molecule has 0 saturated carbocycles. The van der Waals surface area contributed by atoms with Crippen molar-refractivity contribution in [3.63, 3.8) is 0 Å². The molecule has 31 heavy (non-hydrogen) atoms. The van der Waals surface area contributed by atoms with E-state index in [4.69, 9.17) is 16.7 Å². The molecule has 0 atom stereocenters. The number of carbonyl (C=O) groups excluding carboxylic acids is 1. The Bertz CT molecular complexity index is 1140. The van der Waals surface area contributed by atoms with Gasteiger partial charge in [0.05, 0.1) is 11.6 Å². The number of aromatic nitrogens is 1. The highest BCUT2D eigenvalue weighted by atomic mass is 35.5. The molecular weight excluding hydrogens is 419 g/mol. The standard InChI is InChI=1S/C24H24ClFN2O3/c25-19-13-16(9-10-20(19)26)14-28-21-6-2-1-5-17(21)18-11-12-27(15-22(18)28)23(29)7-3-4-8-24(30)31/h1-2,5-6,9-10,13H,3-4,7-8,11-12,14-15H2,(H,30,31). The molecule has 0 aliphatic carbocycles. The summed E-state index contributed by atoms with van der Waals surface area (Å²) in [5.41, 5.74) is 4.32. The normalized spacial score (nSPS) is 13.4. The third-order valence-corrected chi connectivity index (χ3v) is 6.16. The van der Waals surface area contributed by atoms with Gasteiger partial charge in [-0.25, -0.2) is 4.39 Å². The largest absolute Gasteiger partial charge is 0.481 e. The molecule has 0 fully saturated rings. The van der Waals surface area contributed by atoms with E-state index in [1.54, 1.807) is 12.1 Å². The fourth-order valence-corrected chi connectivity index (χ4v) is 4.52. The summed E-state index contributed by atoms with van der Waals surface area (Å²) in [4.78, 5) is 25.3. The molecule has 0 radical (unpaired) electrons. The topological polar surface area (TPSA) is 62.5 Å². The zero-order valence-electron chi connectivity index (χ0n) is 17.1. The van der Waals surface area contributed by atoms with Crippen molar-refractivity contribution in [2.75, 3.05) is 6.54 Å². The summed E-state index contributed by atoms with van der Waals surface area (Å²) in [7, 11) is 0. The lowest BCUT2D eigenvalue weighted by Gasteiger charge is -2.29. The zero-order chi connectivity index (χ0) is 22.0. The minimum atomic E-state index is -0.833. The second-order valence-corrected chi connectivity index (χ2v) is 8.35. The van der Waals surface area contributed by atoms with Gasteiger partial charge in [0.25, 0.3) is 0 Å². The number of amides is 1. The summed E-state index contributed by atoms with van der Waals surface area (Å²) in [6.45, 7) is 1.70. The van der Waals surface area contributed by atoms with Crippen LogP contribution in [0.3, 0.4) is 0 Å². The number of carboxylic acids is 1. The predicted molar refractivity (Wildman–Crippen MR) is 118 cm³/mol. The molecule has 2 heterocycles. The first-order valence-corrected chi connectivity index (χ1v) is 10.8. The molecule has 1 N–H and O–H groups in total. The van der Waals surface area contributed by atoms with Gasteiger partial charge in [0.1, 0.15) is 5.82 Å². The molecule has 1 aliphatic rings. The monoisotopic (exact) mass is 442 g/mol. The molecule has 7 heteroatoms. The molecule has 1 aromatic heterocycles. The van der Waals surface area contributed by atoms with Crippen molar-refractivity contribution in [2.45, 2.75) is 45.2 Å². The van der Waals surface area contributed by atoms with E-state index in [2.05, 4.69) is 16.7 Å². The highest BCUT2D eigenvalue weighted by molar-refractivity contribution is 6.30. The number of nitrogens with zero attached hydrogens (tertiary/aromatic N) is 2. The van der Waals surface area contributed by atoms with Crippen LogP contribution in [-0.2, 0) is 29.1 Å². The molecule has 162 valence electrons. The molecule has 0 saturated heterocycles. The first-order valence-electron chi connectivity index (χ1n) is 10.5. The molecule has 5 nitrogen and oxygen atoms in total. The van der Waals surface area contributed by atoms with E-state index < -0.39 is 11.8 Å². The SMILES string of the molecule is O=C(O)CCCCC(=O)N1CCc2c(n(Cc3ccc(F)c(Cl)c3)c3ccccc23)C1. The Kier molecular flexibility index (Phi) is 6.28. The third-order valence-electron chi connectivity index (χ3n) is 5.88. The van der Waals surface area contributed by atoms with Gasteiger partial charge in [-0.1, -0.05) is 35.9 Å². The van der Waals surface area contributed by atoms with Crippen molar-refractivity contribution >= 4 is 34.4 Å². The third kappa shape index (κ3) is 4.59. The van der Waals surface area contributed by atoms with Crippen LogP contribution < -0.4 is 0 Å². The van der Waals surface area contributed by atoms with Gasteiger partial charge < -0.3 is 14.6 Å².